The van der Waals surface area contributed by atoms with Crippen molar-refractivity contribution >= 4 is 23.7 Å². The molecular formula is C22H42N4O5. The number of likely N-dealkylation sites (N-methyl/N-ethyl adjacent to an activating group) is 2. The minimum atomic E-state index is -1.10. The monoisotopic (exact) mass is 442 g/mol. The predicted molar refractivity (Wildman–Crippen MR) is 120 cm³/mol. The van der Waals surface area contributed by atoms with Crippen LogP contribution in [-0.2, 0) is 19.2 Å². The molecule has 0 heterocycles. The number of carbonyl (C=O) groups excluding carboxylic acids is 3. The molecule has 4 N–H and O–H groups in total. The van der Waals surface area contributed by atoms with Crippen LogP contribution in [0.2, 0.25) is 0 Å². The van der Waals surface area contributed by atoms with Gasteiger partial charge in [-0.1, -0.05) is 41.5 Å². The van der Waals surface area contributed by atoms with Crippen LogP contribution in [0.4, 0.5) is 0 Å². The van der Waals surface area contributed by atoms with Crippen LogP contribution in [0.3, 0.4) is 0 Å². The molecule has 0 saturated carbocycles. The topological polar surface area (TPSA) is 128 Å². The zero-order valence-corrected chi connectivity index (χ0v) is 20.3. The van der Waals surface area contributed by atoms with E-state index in [-0.39, 0.29) is 24.3 Å². The number of carbonyl (C=O) groups is 4. The maximum atomic E-state index is 12.9. The summed E-state index contributed by atoms with van der Waals surface area (Å²) >= 11 is 0. The zero-order valence-electron chi connectivity index (χ0n) is 20.3. The van der Waals surface area contributed by atoms with Crippen LogP contribution in [0.5, 0.6) is 0 Å². The Balaban J connectivity index is 5.19. The summed E-state index contributed by atoms with van der Waals surface area (Å²) in [6, 6.07) is -2.24. The molecule has 3 amide bonds. The molecule has 0 unspecified atom stereocenters. The molecule has 0 aliphatic carbocycles. The van der Waals surface area contributed by atoms with Gasteiger partial charge in [0, 0.05) is 7.05 Å². The maximum Gasteiger partial charge on any atom is 0.326 e. The SMILES string of the molecule is CN[C@@H](CC(C)C)C(=O)NCC(=O)N(C)[C@@H](CC(C)C)C(=O)N[C@@H](CC(C)C)C(=O)O. The van der Waals surface area contributed by atoms with Crippen LogP contribution in [0.1, 0.15) is 60.8 Å². The van der Waals surface area contributed by atoms with Crippen molar-refractivity contribution in [2.75, 3.05) is 20.6 Å². The summed E-state index contributed by atoms with van der Waals surface area (Å²) in [5.74, 6) is -1.78. The van der Waals surface area contributed by atoms with E-state index in [9.17, 15) is 24.3 Å². The first-order valence-corrected chi connectivity index (χ1v) is 11.0. The molecule has 0 rings (SSSR count). The molecule has 0 aliphatic rings. The van der Waals surface area contributed by atoms with E-state index in [2.05, 4.69) is 16.0 Å². The van der Waals surface area contributed by atoms with E-state index in [1.807, 2.05) is 41.5 Å². The van der Waals surface area contributed by atoms with Gasteiger partial charge in [-0.2, -0.15) is 0 Å². The van der Waals surface area contributed by atoms with Gasteiger partial charge in [-0.3, -0.25) is 14.4 Å². The van der Waals surface area contributed by atoms with E-state index in [4.69, 9.17) is 0 Å². The number of nitrogens with one attached hydrogen (secondary N) is 3. The summed E-state index contributed by atoms with van der Waals surface area (Å²) in [6.07, 6.45) is 1.31. The van der Waals surface area contributed by atoms with Gasteiger partial charge in [0.05, 0.1) is 12.6 Å². The van der Waals surface area contributed by atoms with E-state index in [0.717, 1.165) is 0 Å². The Kier molecular flexibility index (Phi) is 13.0. The number of hydrogen-bond acceptors (Lipinski definition) is 5. The van der Waals surface area contributed by atoms with Crippen LogP contribution in [-0.4, -0.2) is 72.5 Å². The number of nitrogens with zero attached hydrogens (tertiary/aromatic N) is 1. The second-order valence-electron chi connectivity index (χ2n) is 9.37. The second-order valence-corrected chi connectivity index (χ2v) is 9.37. The molecule has 9 nitrogen and oxygen atoms in total. The van der Waals surface area contributed by atoms with Gasteiger partial charge in [-0.05, 0) is 44.1 Å². The van der Waals surface area contributed by atoms with Crippen molar-refractivity contribution in [1.82, 2.24) is 20.9 Å². The van der Waals surface area contributed by atoms with Crippen molar-refractivity contribution in [2.24, 2.45) is 17.8 Å². The Morgan fingerprint density at radius 1 is 0.806 bits per heavy atom. The predicted octanol–water partition coefficient (Wildman–Crippen LogP) is 1.23. The van der Waals surface area contributed by atoms with Gasteiger partial charge < -0.3 is 26.0 Å². The minimum Gasteiger partial charge on any atom is -0.480 e. The highest BCUT2D eigenvalue weighted by Gasteiger charge is 2.31. The first kappa shape index (κ1) is 28.8. The van der Waals surface area contributed by atoms with Crippen molar-refractivity contribution in [3.8, 4) is 0 Å². The van der Waals surface area contributed by atoms with Gasteiger partial charge in [0.25, 0.3) is 0 Å². The van der Waals surface area contributed by atoms with Gasteiger partial charge in [-0.25, -0.2) is 4.79 Å². The summed E-state index contributed by atoms with van der Waals surface area (Å²) in [7, 11) is 3.20. The fourth-order valence-electron chi connectivity index (χ4n) is 3.26. The number of carboxylic acid groups (broad SMARTS) is 1. The molecule has 0 bridgehead atoms. The largest absolute Gasteiger partial charge is 0.480 e. The number of aliphatic carboxylic acids is 1. The van der Waals surface area contributed by atoms with Crippen molar-refractivity contribution in [2.45, 2.75) is 78.9 Å². The quantitative estimate of drug-likeness (QED) is 0.320. The Hall–Kier alpha value is -2.16. The molecule has 9 heteroatoms. The molecule has 180 valence electrons. The Morgan fingerprint density at radius 3 is 1.71 bits per heavy atom. The van der Waals surface area contributed by atoms with E-state index in [1.54, 1.807) is 7.05 Å². The van der Waals surface area contributed by atoms with Crippen molar-refractivity contribution in [3.63, 3.8) is 0 Å². The molecule has 0 aromatic rings. The average molecular weight is 443 g/mol. The summed E-state index contributed by atoms with van der Waals surface area (Å²) in [5, 5.41) is 17.6. The number of amides is 3. The van der Waals surface area contributed by atoms with Crippen LogP contribution >= 0.6 is 0 Å². The fraction of sp³-hybridized carbons (Fsp3) is 0.818. The van der Waals surface area contributed by atoms with Crippen LogP contribution in [0.25, 0.3) is 0 Å². The molecule has 0 aromatic carbocycles. The molecular weight excluding hydrogens is 400 g/mol. The molecule has 0 saturated heterocycles. The fourth-order valence-corrected chi connectivity index (χ4v) is 3.26. The van der Waals surface area contributed by atoms with E-state index in [1.165, 1.54) is 11.9 Å². The maximum absolute atomic E-state index is 12.9. The Labute approximate surface area is 186 Å². The van der Waals surface area contributed by atoms with Crippen LogP contribution in [0, 0.1) is 17.8 Å². The lowest BCUT2D eigenvalue weighted by Crippen LogP contribution is -2.54. The first-order valence-electron chi connectivity index (χ1n) is 11.0. The highest BCUT2D eigenvalue weighted by atomic mass is 16.4. The lowest BCUT2D eigenvalue weighted by atomic mass is 9.99. The van der Waals surface area contributed by atoms with E-state index < -0.39 is 35.9 Å². The average Bonchev–Trinajstić information content (AvgIpc) is 2.66. The molecule has 31 heavy (non-hydrogen) atoms. The normalized spacial score (nSPS) is 14.3. The third kappa shape index (κ3) is 11.1. The van der Waals surface area contributed by atoms with Gasteiger partial charge in [0.1, 0.15) is 12.1 Å². The highest BCUT2D eigenvalue weighted by Crippen LogP contribution is 2.13. The molecule has 0 spiro atoms. The first-order chi connectivity index (χ1) is 14.3. The molecule has 0 fully saturated rings. The highest BCUT2D eigenvalue weighted by molar-refractivity contribution is 5.92. The number of hydrogen-bond donors (Lipinski definition) is 4. The van der Waals surface area contributed by atoms with Crippen molar-refractivity contribution in [3.05, 3.63) is 0 Å². The van der Waals surface area contributed by atoms with Gasteiger partial charge >= 0.3 is 5.97 Å². The Morgan fingerprint density at radius 2 is 1.29 bits per heavy atom. The van der Waals surface area contributed by atoms with Crippen molar-refractivity contribution in [1.29, 1.82) is 0 Å². The minimum absolute atomic E-state index is 0.0884. The molecule has 0 radical (unpaired) electrons. The Bertz CT molecular complexity index is 607. The third-order valence-electron chi connectivity index (χ3n) is 4.97. The zero-order chi connectivity index (χ0) is 24.3. The molecule has 0 aromatic heterocycles. The van der Waals surface area contributed by atoms with Crippen LogP contribution in [0.15, 0.2) is 0 Å². The van der Waals surface area contributed by atoms with Gasteiger partial charge in [-0.15, -0.1) is 0 Å². The van der Waals surface area contributed by atoms with Gasteiger partial charge in [0.2, 0.25) is 17.7 Å². The van der Waals surface area contributed by atoms with Crippen LogP contribution < -0.4 is 16.0 Å². The lowest BCUT2D eigenvalue weighted by Gasteiger charge is -2.30. The van der Waals surface area contributed by atoms with Gasteiger partial charge in [0.15, 0.2) is 0 Å². The second kappa shape index (κ2) is 14.0. The lowest BCUT2D eigenvalue weighted by molar-refractivity contribution is -0.145. The van der Waals surface area contributed by atoms with Crippen molar-refractivity contribution < 1.29 is 24.3 Å². The number of carboxylic acids is 1. The standard InChI is InChI=1S/C22H42N4O5/c1-13(2)9-16(23-7)20(28)24-12-19(27)26(8)18(11-15(5)6)21(29)25-17(22(30)31)10-14(3)4/h13-18,23H,9-12H2,1-8H3,(H,24,28)(H,25,29)(H,30,31)/t16-,17-,18-/m0/s1. The smallest absolute Gasteiger partial charge is 0.326 e. The third-order valence-corrected chi connectivity index (χ3v) is 4.97. The van der Waals surface area contributed by atoms with E-state index in [0.29, 0.717) is 25.2 Å². The van der Waals surface area contributed by atoms with E-state index >= 15 is 0 Å². The summed E-state index contributed by atoms with van der Waals surface area (Å²) in [5.41, 5.74) is 0. The molecule has 3 atom stereocenters. The molecule has 0 aliphatic heterocycles. The summed E-state index contributed by atoms with van der Waals surface area (Å²) in [6.45, 7) is 11.4. The number of rotatable bonds is 14. The summed E-state index contributed by atoms with van der Waals surface area (Å²) < 4.78 is 0. The summed E-state index contributed by atoms with van der Waals surface area (Å²) in [4.78, 5) is 50.7.